The lowest BCUT2D eigenvalue weighted by Crippen LogP contribution is -2.29. The minimum absolute atomic E-state index is 0.0712. The third-order valence-electron chi connectivity index (χ3n) is 3.15. The van der Waals surface area contributed by atoms with Gasteiger partial charge in [-0.25, -0.2) is 0 Å². The number of benzene rings is 1. The highest BCUT2D eigenvalue weighted by Crippen LogP contribution is 2.42. The van der Waals surface area contributed by atoms with E-state index in [2.05, 4.69) is 16.9 Å². The van der Waals surface area contributed by atoms with E-state index in [0.717, 1.165) is 11.3 Å². The third kappa shape index (κ3) is 0.897. The predicted molar refractivity (Wildman–Crippen MR) is 58.4 cm³/mol. The molecule has 0 aliphatic carbocycles. The van der Waals surface area contributed by atoms with Gasteiger partial charge in [0, 0.05) is 18.3 Å². The summed E-state index contributed by atoms with van der Waals surface area (Å²) in [7, 11) is 0. The summed E-state index contributed by atoms with van der Waals surface area (Å²) in [5, 5.41) is 2.81. The van der Waals surface area contributed by atoms with Crippen LogP contribution in [-0.2, 0) is 10.2 Å². The number of amides is 1. The van der Waals surface area contributed by atoms with Crippen LogP contribution in [0.15, 0.2) is 41.4 Å². The Bertz CT molecular complexity index is 504. The van der Waals surface area contributed by atoms with Crippen LogP contribution >= 0.6 is 0 Å². The van der Waals surface area contributed by atoms with Crippen molar-refractivity contribution in [1.29, 1.82) is 0 Å². The normalized spacial score (nSPS) is 27.2. The zero-order valence-corrected chi connectivity index (χ0v) is 8.16. The highest BCUT2D eigenvalue weighted by atomic mass is 16.2. The number of carbonyl (C=O) groups excluding carboxylic acids is 1. The molecule has 2 heterocycles. The van der Waals surface area contributed by atoms with E-state index in [-0.39, 0.29) is 5.91 Å². The van der Waals surface area contributed by atoms with Gasteiger partial charge < -0.3 is 5.32 Å². The van der Waals surface area contributed by atoms with Crippen LogP contribution in [0.5, 0.6) is 0 Å². The molecule has 15 heavy (non-hydrogen) atoms. The molecule has 0 aromatic heterocycles. The number of carbonyl (C=O) groups is 1. The highest BCUT2D eigenvalue weighted by Gasteiger charge is 2.46. The number of fused-ring (bicyclic) bond motifs is 2. The first-order valence-electron chi connectivity index (χ1n) is 4.86. The molecule has 1 aromatic carbocycles. The molecule has 3 heteroatoms. The van der Waals surface area contributed by atoms with Crippen molar-refractivity contribution in [2.75, 3.05) is 6.54 Å². The zero-order chi connectivity index (χ0) is 10.5. The summed E-state index contributed by atoms with van der Waals surface area (Å²) in [5.74, 6) is -0.0712. The Balaban J connectivity index is 2.22. The fourth-order valence-corrected chi connectivity index (χ4v) is 2.23. The van der Waals surface area contributed by atoms with Crippen LogP contribution in [-0.4, -0.2) is 18.7 Å². The second-order valence-electron chi connectivity index (χ2n) is 3.91. The van der Waals surface area contributed by atoms with E-state index in [1.807, 2.05) is 30.5 Å². The molecule has 1 N–H and O–H groups in total. The van der Waals surface area contributed by atoms with Crippen LogP contribution in [0, 0.1) is 0 Å². The van der Waals surface area contributed by atoms with E-state index in [0.29, 0.717) is 12.1 Å². The maximum atomic E-state index is 11.5. The molecule has 1 atom stereocenters. The molecular formula is C12H10N2O. The number of nitrogens with zero attached hydrogens (tertiary/aromatic N) is 1. The second-order valence-corrected chi connectivity index (χ2v) is 3.91. The molecule has 1 aromatic rings. The molecule has 0 radical (unpaired) electrons. The standard InChI is InChI=1S/C12H10N2O/c1-8-11(15)14-7-12(8)6-13-10-5-3-2-4-9(10)12/h2-6H,1,7H2,(H,14,15). The van der Waals surface area contributed by atoms with E-state index >= 15 is 0 Å². The molecule has 1 spiro atoms. The summed E-state index contributed by atoms with van der Waals surface area (Å²) in [4.78, 5) is 15.8. The summed E-state index contributed by atoms with van der Waals surface area (Å²) >= 11 is 0. The van der Waals surface area contributed by atoms with Gasteiger partial charge in [-0.15, -0.1) is 0 Å². The summed E-state index contributed by atoms with van der Waals surface area (Å²) < 4.78 is 0. The maximum Gasteiger partial charge on any atom is 0.248 e. The summed E-state index contributed by atoms with van der Waals surface area (Å²) in [5.41, 5.74) is 2.22. The Morgan fingerprint density at radius 3 is 2.93 bits per heavy atom. The first-order chi connectivity index (χ1) is 7.24. The van der Waals surface area contributed by atoms with Gasteiger partial charge in [0.25, 0.3) is 0 Å². The Kier molecular flexibility index (Phi) is 1.44. The van der Waals surface area contributed by atoms with Gasteiger partial charge in [-0.1, -0.05) is 24.8 Å². The lowest BCUT2D eigenvalue weighted by Gasteiger charge is -2.20. The van der Waals surface area contributed by atoms with Crippen LogP contribution in [0.4, 0.5) is 5.69 Å². The van der Waals surface area contributed by atoms with E-state index < -0.39 is 5.41 Å². The Labute approximate surface area is 87.5 Å². The summed E-state index contributed by atoms with van der Waals surface area (Å²) in [6, 6.07) is 7.87. The van der Waals surface area contributed by atoms with Crippen molar-refractivity contribution in [3.05, 3.63) is 42.0 Å². The Morgan fingerprint density at radius 1 is 1.40 bits per heavy atom. The topological polar surface area (TPSA) is 41.5 Å². The van der Waals surface area contributed by atoms with Gasteiger partial charge in [0.15, 0.2) is 0 Å². The molecule has 1 unspecified atom stereocenters. The average molecular weight is 198 g/mol. The molecule has 0 bridgehead atoms. The quantitative estimate of drug-likeness (QED) is 0.628. The van der Waals surface area contributed by atoms with Crippen LogP contribution in [0.25, 0.3) is 0 Å². The van der Waals surface area contributed by atoms with Crippen molar-refractivity contribution in [3.63, 3.8) is 0 Å². The van der Waals surface area contributed by atoms with Gasteiger partial charge in [0.2, 0.25) is 5.91 Å². The van der Waals surface area contributed by atoms with E-state index in [4.69, 9.17) is 0 Å². The minimum Gasteiger partial charge on any atom is -0.351 e. The summed E-state index contributed by atoms with van der Waals surface area (Å²) in [6.45, 7) is 4.44. The fourth-order valence-electron chi connectivity index (χ4n) is 2.23. The van der Waals surface area contributed by atoms with Crippen LogP contribution in [0.1, 0.15) is 5.56 Å². The van der Waals surface area contributed by atoms with Crippen molar-refractivity contribution in [3.8, 4) is 0 Å². The largest absolute Gasteiger partial charge is 0.351 e. The zero-order valence-electron chi connectivity index (χ0n) is 8.16. The van der Waals surface area contributed by atoms with Crippen LogP contribution in [0.3, 0.4) is 0 Å². The fraction of sp³-hybridized carbons (Fsp3) is 0.167. The predicted octanol–water partition coefficient (Wildman–Crippen LogP) is 1.33. The molecule has 1 saturated heterocycles. The van der Waals surface area contributed by atoms with Crippen molar-refractivity contribution >= 4 is 17.8 Å². The number of aliphatic imine (C=N–C) groups is 1. The molecule has 3 nitrogen and oxygen atoms in total. The van der Waals surface area contributed by atoms with Gasteiger partial charge >= 0.3 is 0 Å². The highest BCUT2D eigenvalue weighted by molar-refractivity contribution is 6.07. The number of para-hydroxylation sites is 1. The average Bonchev–Trinajstić information content (AvgIpc) is 2.77. The van der Waals surface area contributed by atoms with Gasteiger partial charge in [0.05, 0.1) is 11.1 Å². The van der Waals surface area contributed by atoms with Gasteiger partial charge in [-0.2, -0.15) is 0 Å². The van der Waals surface area contributed by atoms with E-state index in [9.17, 15) is 4.79 Å². The lowest BCUT2D eigenvalue weighted by atomic mass is 9.79. The second kappa shape index (κ2) is 2.57. The molecule has 74 valence electrons. The molecule has 1 fully saturated rings. The monoisotopic (exact) mass is 198 g/mol. The molecule has 1 amide bonds. The van der Waals surface area contributed by atoms with E-state index in [1.165, 1.54) is 0 Å². The van der Waals surface area contributed by atoms with Gasteiger partial charge in [0.1, 0.15) is 0 Å². The SMILES string of the molecule is C=C1C(=O)NCC12C=Nc1ccccc12. The first-order valence-corrected chi connectivity index (χ1v) is 4.86. The van der Waals surface area contributed by atoms with Crippen molar-refractivity contribution in [2.24, 2.45) is 4.99 Å². The first kappa shape index (κ1) is 8.41. The van der Waals surface area contributed by atoms with Crippen molar-refractivity contribution < 1.29 is 4.79 Å². The Morgan fingerprint density at radius 2 is 2.20 bits per heavy atom. The Hall–Kier alpha value is -1.90. The van der Waals surface area contributed by atoms with Gasteiger partial charge in [-0.3, -0.25) is 9.79 Å². The van der Waals surface area contributed by atoms with Gasteiger partial charge in [-0.05, 0) is 11.6 Å². The number of hydrogen-bond acceptors (Lipinski definition) is 2. The third-order valence-corrected chi connectivity index (χ3v) is 3.15. The van der Waals surface area contributed by atoms with E-state index in [1.54, 1.807) is 0 Å². The van der Waals surface area contributed by atoms with Crippen LogP contribution in [0.2, 0.25) is 0 Å². The number of rotatable bonds is 0. The molecule has 3 rings (SSSR count). The smallest absolute Gasteiger partial charge is 0.248 e. The summed E-state index contributed by atoms with van der Waals surface area (Å²) in [6.07, 6.45) is 1.83. The minimum atomic E-state index is -0.395. The lowest BCUT2D eigenvalue weighted by molar-refractivity contribution is -0.116. The van der Waals surface area contributed by atoms with Crippen molar-refractivity contribution in [2.45, 2.75) is 5.41 Å². The van der Waals surface area contributed by atoms with Crippen LogP contribution < -0.4 is 5.32 Å². The maximum absolute atomic E-state index is 11.5. The molecule has 2 aliphatic heterocycles. The number of hydrogen-bond donors (Lipinski definition) is 1. The molecule has 0 saturated carbocycles. The number of nitrogens with one attached hydrogen (secondary N) is 1. The molecular weight excluding hydrogens is 188 g/mol. The molecule has 2 aliphatic rings. The van der Waals surface area contributed by atoms with Crippen molar-refractivity contribution in [1.82, 2.24) is 5.32 Å².